The van der Waals surface area contributed by atoms with Crippen molar-refractivity contribution in [2.24, 2.45) is 0 Å². The van der Waals surface area contributed by atoms with E-state index in [0.29, 0.717) is 13.0 Å². The van der Waals surface area contributed by atoms with Gasteiger partial charge in [0.1, 0.15) is 36.3 Å². The van der Waals surface area contributed by atoms with Gasteiger partial charge in [0.15, 0.2) is 0 Å². The summed E-state index contributed by atoms with van der Waals surface area (Å²) in [5.74, 6) is 0.884. The van der Waals surface area contributed by atoms with E-state index in [1.165, 1.54) is 4.90 Å². The normalized spacial score (nSPS) is 28.3. The van der Waals surface area contributed by atoms with Crippen LogP contribution in [0.3, 0.4) is 0 Å². The number of hydrogen-bond donors (Lipinski definition) is 4. The van der Waals surface area contributed by atoms with Gasteiger partial charge < -0.3 is 29.9 Å². The minimum atomic E-state index is -1.40. The minimum absolute atomic E-state index is 0.441. The van der Waals surface area contributed by atoms with Gasteiger partial charge in [0, 0.05) is 23.3 Å². The zero-order valence-corrected chi connectivity index (χ0v) is 17.9. The zero-order chi connectivity index (χ0) is 21.4. The lowest BCUT2D eigenvalue weighted by atomic mass is 9.85. The molecule has 2 aliphatic rings. The molecule has 2 aromatic carbocycles. The molecule has 2 aromatic rings. The van der Waals surface area contributed by atoms with Crippen LogP contribution in [0, 0.1) is 6.92 Å². The summed E-state index contributed by atoms with van der Waals surface area (Å²) in [5.41, 5.74) is 4.94. The van der Waals surface area contributed by atoms with Crippen molar-refractivity contribution in [1.82, 2.24) is 0 Å². The number of aliphatic hydroxyl groups excluding tert-OH is 4. The second kappa shape index (κ2) is 8.86. The van der Waals surface area contributed by atoms with E-state index < -0.39 is 37.1 Å². The first-order chi connectivity index (χ1) is 14.4. The van der Waals surface area contributed by atoms with Gasteiger partial charge in [0.05, 0.1) is 13.2 Å². The molecule has 1 fully saturated rings. The van der Waals surface area contributed by atoms with Crippen LogP contribution < -0.4 is 4.74 Å². The molecule has 0 spiro atoms. The van der Waals surface area contributed by atoms with Crippen LogP contribution in [0.15, 0.2) is 35.2 Å². The molecule has 4 rings (SSSR count). The molecule has 1 saturated heterocycles. The van der Waals surface area contributed by atoms with Crippen molar-refractivity contribution in [3.63, 3.8) is 0 Å². The lowest BCUT2D eigenvalue weighted by Gasteiger charge is -2.41. The van der Waals surface area contributed by atoms with Gasteiger partial charge in [-0.25, -0.2) is 0 Å². The highest BCUT2D eigenvalue weighted by molar-refractivity contribution is 7.98. The average Bonchev–Trinajstić information content (AvgIpc) is 3.26. The van der Waals surface area contributed by atoms with Crippen molar-refractivity contribution in [3.05, 3.63) is 58.1 Å². The van der Waals surface area contributed by atoms with Crippen molar-refractivity contribution < 1.29 is 29.9 Å². The number of hydrogen-bond acceptors (Lipinski definition) is 7. The summed E-state index contributed by atoms with van der Waals surface area (Å²) >= 11 is 1.70. The molecule has 30 heavy (non-hydrogen) atoms. The van der Waals surface area contributed by atoms with Crippen LogP contribution in [0.2, 0.25) is 0 Å². The number of rotatable bonds is 5. The molecule has 0 amide bonds. The first-order valence-corrected chi connectivity index (χ1v) is 11.4. The summed E-state index contributed by atoms with van der Waals surface area (Å²) in [5, 5.41) is 40.6. The molecule has 0 saturated carbocycles. The summed E-state index contributed by atoms with van der Waals surface area (Å²) in [6.07, 6.45) is -2.35. The molecular weight excluding hydrogens is 404 g/mol. The van der Waals surface area contributed by atoms with E-state index in [1.807, 2.05) is 19.2 Å². The van der Waals surface area contributed by atoms with E-state index in [1.54, 1.807) is 11.8 Å². The fourth-order valence-electron chi connectivity index (χ4n) is 4.38. The van der Waals surface area contributed by atoms with Crippen molar-refractivity contribution in [3.8, 4) is 5.75 Å². The smallest absolute Gasteiger partial charge is 0.126 e. The van der Waals surface area contributed by atoms with Gasteiger partial charge in [-0.15, -0.1) is 11.8 Å². The molecular formula is C23H28O6S. The Kier molecular flexibility index (Phi) is 6.39. The first kappa shape index (κ1) is 21.6. The molecule has 4 N–H and O–H groups in total. The quantitative estimate of drug-likeness (QED) is 0.535. The van der Waals surface area contributed by atoms with Crippen LogP contribution in [0.25, 0.3) is 0 Å². The van der Waals surface area contributed by atoms with Crippen molar-refractivity contribution in [1.29, 1.82) is 0 Å². The van der Waals surface area contributed by atoms with Gasteiger partial charge in [-0.05, 0) is 53.6 Å². The van der Waals surface area contributed by atoms with Crippen LogP contribution in [0.4, 0.5) is 0 Å². The van der Waals surface area contributed by atoms with E-state index in [2.05, 4.69) is 24.3 Å². The number of benzene rings is 2. The molecule has 0 bridgehead atoms. The number of ether oxygens (including phenoxy) is 2. The predicted octanol–water partition coefficient (Wildman–Crippen LogP) is 1.76. The van der Waals surface area contributed by atoms with Crippen molar-refractivity contribution in [2.75, 3.05) is 19.5 Å². The highest BCUT2D eigenvalue weighted by Crippen LogP contribution is 2.41. The van der Waals surface area contributed by atoms with Crippen molar-refractivity contribution in [2.45, 2.75) is 55.2 Å². The SMILES string of the molecule is CSc1ccc(Cc2cc([C@@H]3O[C@H](CO)[C@@H](O)[C@H](O)[C@H]3O)c(C)c3c2OCC3)cc1. The summed E-state index contributed by atoms with van der Waals surface area (Å²) < 4.78 is 11.8. The topological polar surface area (TPSA) is 99.4 Å². The largest absolute Gasteiger partial charge is 0.493 e. The fraction of sp³-hybridized carbons (Fsp3) is 0.478. The van der Waals surface area contributed by atoms with Gasteiger partial charge in [-0.1, -0.05) is 12.1 Å². The van der Waals surface area contributed by atoms with Crippen LogP contribution >= 0.6 is 11.8 Å². The number of thioether (sulfide) groups is 1. The molecule has 162 valence electrons. The van der Waals surface area contributed by atoms with E-state index in [4.69, 9.17) is 9.47 Å². The Morgan fingerprint density at radius 2 is 1.80 bits per heavy atom. The second-order valence-corrected chi connectivity index (χ2v) is 8.81. The predicted molar refractivity (Wildman–Crippen MR) is 114 cm³/mol. The third-order valence-corrected chi connectivity index (χ3v) is 6.88. The second-order valence-electron chi connectivity index (χ2n) is 7.93. The minimum Gasteiger partial charge on any atom is -0.493 e. The lowest BCUT2D eigenvalue weighted by molar-refractivity contribution is -0.231. The third kappa shape index (κ3) is 3.86. The standard InChI is InChI=1S/C23H28O6S/c1-12-16-7-8-28-22(16)14(9-13-3-5-15(30-2)6-4-13)10-17(12)23-21(27)20(26)19(25)18(11-24)29-23/h3-6,10,18-21,23-27H,7-9,11H2,1-2H3/t18-,19-,20+,21-,23+/m1/s1. The molecule has 0 aromatic heterocycles. The number of aliphatic hydroxyl groups is 4. The lowest BCUT2D eigenvalue weighted by Crippen LogP contribution is -2.55. The highest BCUT2D eigenvalue weighted by atomic mass is 32.2. The Bertz CT molecular complexity index is 898. The van der Waals surface area contributed by atoms with Crippen LogP contribution in [-0.2, 0) is 17.6 Å². The molecule has 0 unspecified atom stereocenters. The molecule has 6 nitrogen and oxygen atoms in total. The summed E-state index contributed by atoms with van der Waals surface area (Å²) in [6.45, 7) is 2.12. The maximum atomic E-state index is 10.6. The van der Waals surface area contributed by atoms with Gasteiger partial charge in [-0.3, -0.25) is 0 Å². The summed E-state index contributed by atoms with van der Waals surface area (Å²) in [6, 6.07) is 10.3. The Hall–Kier alpha value is -1.61. The van der Waals surface area contributed by atoms with E-state index in [0.717, 1.165) is 40.0 Å². The average molecular weight is 433 g/mol. The summed E-state index contributed by atoms with van der Waals surface area (Å²) in [7, 11) is 0. The molecule has 0 radical (unpaired) electrons. The van der Waals surface area contributed by atoms with E-state index in [9.17, 15) is 20.4 Å². The first-order valence-electron chi connectivity index (χ1n) is 10.2. The van der Waals surface area contributed by atoms with Crippen LogP contribution in [0.5, 0.6) is 5.75 Å². The van der Waals surface area contributed by atoms with Gasteiger partial charge >= 0.3 is 0 Å². The van der Waals surface area contributed by atoms with Crippen LogP contribution in [0.1, 0.15) is 33.9 Å². The summed E-state index contributed by atoms with van der Waals surface area (Å²) in [4.78, 5) is 1.20. The van der Waals surface area contributed by atoms with Gasteiger partial charge in [0.25, 0.3) is 0 Å². The Morgan fingerprint density at radius 3 is 2.47 bits per heavy atom. The van der Waals surface area contributed by atoms with Crippen LogP contribution in [-0.4, -0.2) is 64.3 Å². The Balaban J connectivity index is 1.72. The molecule has 7 heteroatoms. The third-order valence-electron chi connectivity index (χ3n) is 6.13. The highest BCUT2D eigenvalue weighted by Gasteiger charge is 2.45. The molecule has 0 aliphatic carbocycles. The molecule has 2 heterocycles. The molecule has 5 atom stereocenters. The van der Waals surface area contributed by atoms with Crippen molar-refractivity contribution >= 4 is 11.8 Å². The zero-order valence-electron chi connectivity index (χ0n) is 17.1. The fourth-order valence-corrected chi connectivity index (χ4v) is 4.79. The van der Waals surface area contributed by atoms with E-state index in [-0.39, 0.29) is 0 Å². The number of fused-ring (bicyclic) bond motifs is 1. The maximum absolute atomic E-state index is 10.6. The van der Waals surface area contributed by atoms with E-state index >= 15 is 0 Å². The molecule has 2 aliphatic heterocycles. The van der Waals surface area contributed by atoms with Gasteiger partial charge in [0.2, 0.25) is 0 Å². The Labute approximate surface area is 180 Å². The monoisotopic (exact) mass is 432 g/mol. The van der Waals surface area contributed by atoms with Gasteiger partial charge in [-0.2, -0.15) is 0 Å². The maximum Gasteiger partial charge on any atom is 0.126 e. The Morgan fingerprint density at radius 1 is 1.07 bits per heavy atom.